The Hall–Kier alpha value is -0.870. The highest BCUT2D eigenvalue weighted by Crippen LogP contribution is 2.24. The van der Waals surface area contributed by atoms with Gasteiger partial charge in [0.05, 0.1) is 0 Å². The van der Waals surface area contributed by atoms with Crippen molar-refractivity contribution < 1.29 is 4.79 Å². The van der Waals surface area contributed by atoms with Gasteiger partial charge in [-0.2, -0.15) is 0 Å². The Balaban J connectivity index is 2.00. The fraction of sp³-hybridized carbons (Fsp3) is 0.611. The Morgan fingerprint density at radius 3 is 2.91 bits per heavy atom. The number of rotatable bonds is 6. The highest BCUT2D eigenvalue weighted by atomic mass is 79.9. The molecule has 1 saturated heterocycles. The van der Waals surface area contributed by atoms with Crippen LogP contribution in [0.3, 0.4) is 0 Å². The molecule has 122 valence electrons. The second-order valence-electron chi connectivity index (χ2n) is 6.25. The van der Waals surface area contributed by atoms with E-state index < -0.39 is 0 Å². The maximum Gasteiger partial charge on any atom is 0.226 e. The molecule has 0 aliphatic carbocycles. The molecule has 4 heteroatoms. The van der Waals surface area contributed by atoms with Crippen molar-refractivity contribution in [3.05, 3.63) is 34.3 Å². The van der Waals surface area contributed by atoms with E-state index in [0.29, 0.717) is 11.8 Å². The molecule has 1 aliphatic heterocycles. The second kappa shape index (κ2) is 8.68. The average molecular weight is 367 g/mol. The third kappa shape index (κ3) is 4.56. The monoisotopic (exact) mass is 366 g/mol. The van der Waals surface area contributed by atoms with Crippen LogP contribution in [0.25, 0.3) is 0 Å². The molecule has 0 radical (unpaired) electrons. The predicted octanol–water partition coefficient (Wildman–Crippen LogP) is 3.48. The number of nitrogens with one attached hydrogen (secondary N) is 1. The van der Waals surface area contributed by atoms with E-state index in [2.05, 4.69) is 45.2 Å². The highest BCUT2D eigenvalue weighted by molar-refractivity contribution is 9.10. The smallest absolute Gasteiger partial charge is 0.226 e. The lowest BCUT2D eigenvalue weighted by Gasteiger charge is -2.35. The molecule has 2 unspecified atom stereocenters. The van der Waals surface area contributed by atoms with Crippen LogP contribution in [0, 0.1) is 11.8 Å². The molecule has 3 nitrogen and oxygen atoms in total. The molecule has 0 saturated carbocycles. The lowest BCUT2D eigenvalue weighted by molar-refractivity contribution is -0.137. The van der Waals surface area contributed by atoms with E-state index >= 15 is 0 Å². The van der Waals surface area contributed by atoms with E-state index in [1.807, 2.05) is 19.2 Å². The van der Waals surface area contributed by atoms with Gasteiger partial charge in [-0.25, -0.2) is 0 Å². The molecule has 1 aliphatic rings. The summed E-state index contributed by atoms with van der Waals surface area (Å²) in [6, 6.07) is 8.22. The first-order valence-corrected chi connectivity index (χ1v) is 9.11. The largest absolute Gasteiger partial charge is 0.342 e. The minimum atomic E-state index is 0.0898. The van der Waals surface area contributed by atoms with Gasteiger partial charge < -0.3 is 10.2 Å². The number of carbonyl (C=O) groups excluding carboxylic acids is 1. The van der Waals surface area contributed by atoms with Crippen molar-refractivity contribution in [1.29, 1.82) is 0 Å². The van der Waals surface area contributed by atoms with Gasteiger partial charge in [-0.1, -0.05) is 41.1 Å². The fourth-order valence-corrected chi connectivity index (χ4v) is 3.76. The predicted molar refractivity (Wildman–Crippen MR) is 94.9 cm³/mol. The maximum atomic E-state index is 12.9. The molecule has 0 aromatic heterocycles. The topological polar surface area (TPSA) is 32.3 Å². The molecule has 1 fully saturated rings. The Morgan fingerprint density at radius 2 is 2.23 bits per heavy atom. The Morgan fingerprint density at radius 1 is 1.45 bits per heavy atom. The standard InChI is InChI=1S/C18H27BrN2O/c1-3-15(11-16-8-4-5-9-17(16)19)18(22)21-10-6-7-14(13-21)12-20-2/h4-5,8-9,14-15,20H,3,6-7,10-13H2,1-2H3. The number of likely N-dealkylation sites (tertiary alicyclic amines) is 1. The number of benzene rings is 1. The maximum absolute atomic E-state index is 12.9. The molecule has 1 aromatic carbocycles. The first-order chi connectivity index (χ1) is 10.7. The van der Waals surface area contributed by atoms with Crippen LogP contribution in [-0.4, -0.2) is 37.5 Å². The SMILES string of the molecule is CCC(Cc1ccccc1Br)C(=O)N1CCCC(CNC)C1. The molecular weight excluding hydrogens is 340 g/mol. The van der Waals surface area contributed by atoms with Crippen molar-refractivity contribution in [2.24, 2.45) is 11.8 Å². The van der Waals surface area contributed by atoms with Crippen molar-refractivity contribution >= 4 is 21.8 Å². The zero-order valence-electron chi connectivity index (χ0n) is 13.6. The molecular formula is C18H27BrN2O. The van der Waals surface area contributed by atoms with E-state index in [9.17, 15) is 4.79 Å². The lowest BCUT2D eigenvalue weighted by Crippen LogP contribution is -2.45. The molecule has 1 heterocycles. The summed E-state index contributed by atoms with van der Waals surface area (Å²) in [5.41, 5.74) is 1.23. The van der Waals surface area contributed by atoms with E-state index in [1.54, 1.807) is 0 Å². The third-order valence-corrected chi connectivity index (χ3v) is 5.36. The summed E-state index contributed by atoms with van der Waals surface area (Å²) in [6.07, 6.45) is 4.08. The van der Waals surface area contributed by atoms with Crippen molar-refractivity contribution in [1.82, 2.24) is 10.2 Å². The minimum Gasteiger partial charge on any atom is -0.342 e. The molecule has 2 atom stereocenters. The number of nitrogens with zero attached hydrogens (tertiary/aromatic N) is 1. The van der Waals surface area contributed by atoms with E-state index in [1.165, 1.54) is 12.0 Å². The summed E-state index contributed by atoms with van der Waals surface area (Å²) in [7, 11) is 1.99. The van der Waals surface area contributed by atoms with Crippen molar-refractivity contribution in [2.75, 3.05) is 26.7 Å². The molecule has 2 rings (SSSR count). The summed E-state index contributed by atoms with van der Waals surface area (Å²) >= 11 is 3.60. The molecule has 1 amide bonds. The Kier molecular flexibility index (Phi) is 6.90. The van der Waals surface area contributed by atoms with Gasteiger partial charge in [-0.3, -0.25) is 4.79 Å². The van der Waals surface area contributed by atoms with Crippen LogP contribution in [0.4, 0.5) is 0 Å². The summed E-state index contributed by atoms with van der Waals surface area (Å²) in [6.45, 7) is 4.96. The third-order valence-electron chi connectivity index (χ3n) is 4.59. The summed E-state index contributed by atoms with van der Waals surface area (Å²) < 4.78 is 1.10. The van der Waals surface area contributed by atoms with Crippen LogP contribution in [0.15, 0.2) is 28.7 Å². The van der Waals surface area contributed by atoms with Gasteiger partial charge in [-0.15, -0.1) is 0 Å². The normalized spacial score (nSPS) is 20.0. The van der Waals surface area contributed by atoms with Crippen LogP contribution in [0.1, 0.15) is 31.7 Å². The number of carbonyl (C=O) groups is 1. The summed E-state index contributed by atoms with van der Waals surface area (Å²) in [5, 5.41) is 3.24. The first-order valence-electron chi connectivity index (χ1n) is 8.32. The zero-order chi connectivity index (χ0) is 15.9. The van der Waals surface area contributed by atoms with Crippen LogP contribution in [-0.2, 0) is 11.2 Å². The van der Waals surface area contributed by atoms with Crippen LogP contribution in [0.5, 0.6) is 0 Å². The zero-order valence-corrected chi connectivity index (χ0v) is 15.2. The first kappa shape index (κ1) is 17.5. The molecule has 22 heavy (non-hydrogen) atoms. The van der Waals surface area contributed by atoms with Crippen LogP contribution < -0.4 is 5.32 Å². The van der Waals surface area contributed by atoms with Gasteiger partial charge in [0.1, 0.15) is 0 Å². The Labute approximate surface area is 142 Å². The van der Waals surface area contributed by atoms with Crippen molar-refractivity contribution in [2.45, 2.75) is 32.6 Å². The minimum absolute atomic E-state index is 0.0898. The van der Waals surface area contributed by atoms with Gasteiger partial charge in [0.25, 0.3) is 0 Å². The summed E-state index contributed by atoms with van der Waals surface area (Å²) in [4.78, 5) is 15.0. The highest BCUT2D eigenvalue weighted by Gasteiger charge is 2.28. The van der Waals surface area contributed by atoms with Gasteiger partial charge in [0, 0.05) is 23.5 Å². The van der Waals surface area contributed by atoms with E-state index in [-0.39, 0.29) is 5.92 Å². The number of hydrogen-bond donors (Lipinski definition) is 1. The van der Waals surface area contributed by atoms with Gasteiger partial charge >= 0.3 is 0 Å². The molecule has 1 aromatic rings. The lowest BCUT2D eigenvalue weighted by atomic mass is 9.92. The van der Waals surface area contributed by atoms with Crippen molar-refractivity contribution in [3.8, 4) is 0 Å². The van der Waals surface area contributed by atoms with Gasteiger partial charge in [-0.05, 0) is 56.8 Å². The number of hydrogen-bond acceptors (Lipinski definition) is 2. The number of piperidine rings is 1. The van der Waals surface area contributed by atoms with Crippen molar-refractivity contribution in [3.63, 3.8) is 0 Å². The Bertz CT molecular complexity index is 490. The van der Waals surface area contributed by atoms with E-state index in [0.717, 1.165) is 43.4 Å². The van der Waals surface area contributed by atoms with Gasteiger partial charge in [0.15, 0.2) is 0 Å². The van der Waals surface area contributed by atoms with Crippen LogP contribution in [0.2, 0.25) is 0 Å². The quantitative estimate of drug-likeness (QED) is 0.835. The number of amides is 1. The van der Waals surface area contributed by atoms with Gasteiger partial charge in [0.2, 0.25) is 5.91 Å². The average Bonchev–Trinajstić information content (AvgIpc) is 2.54. The second-order valence-corrected chi connectivity index (χ2v) is 7.11. The summed E-state index contributed by atoms with van der Waals surface area (Å²) in [5.74, 6) is 1.02. The molecule has 0 spiro atoms. The molecule has 0 bridgehead atoms. The van der Waals surface area contributed by atoms with E-state index in [4.69, 9.17) is 0 Å². The number of halogens is 1. The molecule has 1 N–H and O–H groups in total. The van der Waals surface area contributed by atoms with Crippen LogP contribution >= 0.6 is 15.9 Å². The fourth-order valence-electron chi connectivity index (χ4n) is 3.31.